The summed E-state index contributed by atoms with van der Waals surface area (Å²) in [6.45, 7) is -0.427. The third kappa shape index (κ3) is 6.94. The van der Waals surface area contributed by atoms with Crippen molar-refractivity contribution >= 4 is 41.2 Å². The molecule has 0 aliphatic heterocycles. The Morgan fingerprint density at radius 2 is 1.72 bits per heavy atom. The van der Waals surface area contributed by atoms with Crippen molar-refractivity contribution in [2.45, 2.75) is 13.0 Å². The van der Waals surface area contributed by atoms with Crippen LogP contribution in [-0.4, -0.2) is 23.0 Å². The molecule has 0 heterocycles. The lowest BCUT2D eigenvalue weighted by Crippen LogP contribution is -2.44. The van der Waals surface area contributed by atoms with Crippen molar-refractivity contribution in [1.29, 1.82) is 5.41 Å². The second-order valence-corrected chi connectivity index (χ2v) is 6.23. The predicted molar refractivity (Wildman–Crippen MR) is 103 cm³/mol. The molecule has 0 saturated carbocycles. The van der Waals surface area contributed by atoms with Gasteiger partial charge in [0.05, 0.1) is 6.42 Å². The molecule has 3 N–H and O–H groups in total. The Bertz CT molecular complexity index is 933. The van der Waals surface area contributed by atoms with Crippen LogP contribution in [0.1, 0.15) is 11.1 Å². The number of halogens is 2. The minimum Gasteiger partial charge on any atom is -0.410 e. The zero-order valence-electron chi connectivity index (χ0n) is 14.6. The van der Waals surface area contributed by atoms with E-state index < -0.39 is 29.7 Å². The quantitative estimate of drug-likeness (QED) is 0.272. The Kier molecular flexibility index (Phi) is 7.75. The first-order valence-corrected chi connectivity index (χ1v) is 8.67. The molecule has 0 spiro atoms. The third-order valence-corrected chi connectivity index (χ3v) is 4.10. The lowest BCUT2D eigenvalue weighted by atomic mass is 10.1. The number of nitrogens with one attached hydrogen (secondary N) is 3. The number of para-hydroxylation sites is 1. The van der Waals surface area contributed by atoms with E-state index in [1.807, 2.05) is 5.32 Å². The fraction of sp³-hybridized carbons (Fsp3) is 0.118. The van der Waals surface area contributed by atoms with E-state index in [0.717, 1.165) is 0 Å². The molecule has 29 heavy (non-hydrogen) atoms. The van der Waals surface area contributed by atoms with E-state index >= 15 is 0 Å². The minimum atomic E-state index is -1.08. The van der Waals surface area contributed by atoms with Gasteiger partial charge >= 0.3 is 6.09 Å². The fourth-order valence-electron chi connectivity index (χ4n) is 2.15. The molecular formula is C17H14Cl2N4O6. The van der Waals surface area contributed by atoms with Gasteiger partial charge in [0.25, 0.3) is 5.09 Å². The van der Waals surface area contributed by atoms with E-state index in [9.17, 15) is 19.7 Å². The van der Waals surface area contributed by atoms with Crippen LogP contribution in [0.5, 0.6) is 5.75 Å². The van der Waals surface area contributed by atoms with Gasteiger partial charge in [0, 0.05) is 15.6 Å². The van der Waals surface area contributed by atoms with Crippen molar-refractivity contribution in [1.82, 2.24) is 10.6 Å². The van der Waals surface area contributed by atoms with E-state index in [4.69, 9.17) is 33.3 Å². The molecule has 12 heteroatoms. The van der Waals surface area contributed by atoms with Crippen LogP contribution in [0, 0.1) is 15.5 Å². The summed E-state index contributed by atoms with van der Waals surface area (Å²) in [5.74, 6) is -1.28. The highest BCUT2D eigenvalue weighted by Gasteiger charge is 2.15. The monoisotopic (exact) mass is 440 g/mol. The molecule has 0 fully saturated rings. The molecule has 2 aromatic rings. The number of hydrogen-bond acceptors (Lipinski definition) is 7. The first-order valence-electron chi connectivity index (χ1n) is 7.91. The van der Waals surface area contributed by atoms with Crippen molar-refractivity contribution in [3.63, 3.8) is 0 Å². The largest absolute Gasteiger partial charge is 0.419 e. The Labute approximate surface area is 174 Å². The molecule has 0 aliphatic rings. The smallest absolute Gasteiger partial charge is 0.410 e. The standard InChI is InChI=1S/C17H14Cl2N4O6/c18-12-5-3-6-13(19)11(12)8-15(24)21-16(20)22-17(25)29-14-7-2-1-4-10(14)9-28-23(26)27/h1-7H,8-9H2,(H3,20,21,22,24,25). The molecule has 0 bridgehead atoms. The van der Waals surface area contributed by atoms with Crippen molar-refractivity contribution in [3.8, 4) is 5.75 Å². The molecule has 0 aliphatic carbocycles. The Balaban J connectivity index is 1.90. The number of carbonyl (C=O) groups excluding carboxylic acids is 2. The molecule has 2 aromatic carbocycles. The van der Waals surface area contributed by atoms with Gasteiger partial charge in [-0.25, -0.2) is 4.79 Å². The van der Waals surface area contributed by atoms with Gasteiger partial charge in [0.1, 0.15) is 12.4 Å². The van der Waals surface area contributed by atoms with Crippen LogP contribution in [0.4, 0.5) is 4.79 Å². The summed E-state index contributed by atoms with van der Waals surface area (Å²) in [5.41, 5.74) is 0.617. The van der Waals surface area contributed by atoms with Crippen molar-refractivity contribution in [3.05, 3.63) is 73.8 Å². The summed E-state index contributed by atoms with van der Waals surface area (Å²) < 4.78 is 5.00. The van der Waals surface area contributed by atoms with Gasteiger partial charge in [-0.2, -0.15) is 0 Å². The van der Waals surface area contributed by atoms with Gasteiger partial charge in [-0.1, -0.05) is 47.5 Å². The van der Waals surface area contributed by atoms with Crippen LogP contribution in [0.15, 0.2) is 42.5 Å². The normalized spacial score (nSPS) is 10.0. The van der Waals surface area contributed by atoms with Gasteiger partial charge < -0.3 is 9.57 Å². The van der Waals surface area contributed by atoms with Crippen molar-refractivity contribution in [2.75, 3.05) is 0 Å². The van der Waals surface area contributed by atoms with Gasteiger partial charge in [0.15, 0.2) is 0 Å². The topological polar surface area (TPSA) is 144 Å². The van der Waals surface area contributed by atoms with Gasteiger partial charge in [-0.3, -0.25) is 20.8 Å². The number of rotatable bonds is 6. The van der Waals surface area contributed by atoms with Crippen molar-refractivity contribution in [2.24, 2.45) is 0 Å². The number of benzene rings is 2. The highest BCUT2D eigenvalue weighted by atomic mass is 35.5. The summed E-state index contributed by atoms with van der Waals surface area (Å²) in [5, 5.41) is 21.7. The lowest BCUT2D eigenvalue weighted by molar-refractivity contribution is -0.763. The first-order chi connectivity index (χ1) is 13.8. The van der Waals surface area contributed by atoms with Crippen LogP contribution >= 0.6 is 23.2 Å². The first kappa shape index (κ1) is 21.9. The maximum absolute atomic E-state index is 12.0. The number of hydrogen-bond donors (Lipinski definition) is 3. The molecule has 2 amide bonds. The third-order valence-electron chi connectivity index (χ3n) is 3.39. The molecule has 0 aromatic heterocycles. The van der Waals surface area contributed by atoms with E-state index in [0.29, 0.717) is 15.6 Å². The Hall–Kier alpha value is -3.37. The number of carbonyl (C=O) groups is 2. The number of guanidine groups is 1. The van der Waals surface area contributed by atoms with Crippen molar-refractivity contribution < 1.29 is 24.3 Å². The number of amides is 2. The average molecular weight is 441 g/mol. The maximum atomic E-state index is 12.0. The molecule has 0 atom stereocenters. The van der Waals surface area contributed by atoms with E-state index in [2.05, 4.69) is 10.2 Å². The average Bonchev–Trinajstić information content (AvgIpc) is 2.63. The summed E-state index contributed by atoms with van der Waals surface area (Å²) in [6.07, 6.45) is -1.29. The molecule has 0 saturated heterocycles. The summed E-state index contributed by atoms with van der Waals surface area (Å²) in [7, 11) is 0. The SMILES string of the molecule is N=C(NC(=O)Cc1c(Cl)cccc1Cl)NC(=O)Oc1ccccc1CO[N+](=O)[O-]. The highest BCUT2D eigenvalue weighted by molar-refractivity contribution is 6.36. The lowest BCUT2D eigenvalue weighted by Gasteiger charge is -2.12. The van der Waals surface area contributed by atoms with E-state index in [1.165, 1.54) is 12.1 Å². The van der Waals surface area contributed by atoms with Crippen LogP contribution in [0.2, 0.25) is 10.0 Å². The summed E-state index contributed by atoms with van der Waals surface area (Å²) in [6, 6.07) is 10.7. The molecule has 0 radical (unpaired) electrons. The molecule has 10 nitrogen and oxygen atoms in total. The van der Waals surface area contributed by atoms with Gasteiger partial charge in [-0.05, 0) is 23.8 Å². The fourth-order valence-corrected chi connectivity index (χ4v) is 2.68. The Morgan fingerprint density at radius 1 is 1.07 bits per heavy atom. The Morgan fingerprint density at radius 3 is 2.38 bits per heavy atom. The van der Waals surface area contributed by atoms with Gasteiger partial charge in [-0.15, -0.1) is 10.1 Å². The molecule has 0 unspecified atom stereocenters. The maximum Gasteiger partial charge on any atom is 0.419 e. The summed E-state index contributed by atoms with van der Waals surface area (Å²) >= 11 is 12.0. The minimum absolute atomic E-state index is 0.00572. The van der Waals surface area contributed by atoms with E-state index in [1.54, 1.807) is 30.3 Å². The number of ether oxygens (including phenoxy) is 1. The predicted octanol–water partition coefficient (Wildman–Crippen LogP) is 3.08. The number of nitrogens with zero attached hydrogens (tertiary/aromatic N) is 1. The zero-order valence-corrected chi connectivity index (χ0v) is 16.1. The van der Waals surface area contributed by atoms with Gasteiger partial charge in [0.2, 0.25) is 11.9 Å². The second-order valence-electron chi connectivity index (χ2n) is 5.42. The van der Waals surface area contributed by atoms with Crippen LogP contribution in [0.3, 0.4) is 0 Å². The van der Waals surface area contributed by atoms with Crippen LogP contribution in [0.25, 0.3) is 0 Å². The zero-order chi connectivity index (χ0) is 21.4. The van der Waals surface area contributed by atoms with Crippen LogP contribution < -0.4 is 15.4 Å². The molecular weight excluding hydrogens is 427 g/mol. The highest BCUT2D eigenvalue weighted by Crippen LogP contribution is 2.24. The second kappa shape index (κ2) is 10.2. The molecule has 2 rings (SSSR count). The summed E-state index contributed by atoms with van der Waals surface area (Å²) in [4.78, 5) is 38.5. The van der Waals surface area contributed by atoms with Crippen LogP contribution in [-0.2, 0) is 22.7 Å². The van der Waals surface area contributed by atoms with E-state index in [-0.39, 0.29) is 17.7 Å². The molecule has 152 valence electrons.